The third-order valence-corrected chi connectivity index (χ3v) is 4.50. The lowest BCUT2D eigenvalue weighted by molar-refractivity contribution is 0.0693. The molecular weight excluding hydrogens is 300 g/mol. The van der Waals surface area contributed by atoms with E-state index in [0.29, 0.717) is 10.5 Å². The summed E-state index contributed by atoms with van der Waals surface area (Å²) in [6.45, 7) is -0.266. The highest BCUT2D eigenvalue weighted by Gasteiger charge is 2.19. The minimum atomic E-state index is -1.70. The van der Waals surface area contributed by atoms with Gasteiger partial charge < -0.3 is 10.2 Å². The number of carboxylic acids is 1. The molecule has 0 radical (unpaired) electrons. The molecule has 1 atom stereocenters. The Balaban J connectivity index is 2.56. The van der Waals surface area contributed by atoms with Crippen LogP contribution in [0.5, 0.6) is 0 Å². The lowest BCUT2D eigenvalue weighted by Gasteiger charge is -2.09. The minimum Gasteiger partial charge on any atom is -0.478 e. The van der Waals surface area contributed by atoms with Crippen LogP contribution < -0.4 is 0 Å². The van der Waals surface area contributed by atoms with Crippen molar-refractivity contribution in [3.63, 3.8) is 0 Å². The first kappa shape index (κ1) is 14.7. The number of hydrogen-bond acceptors (Lipinski definition) is 3. The maximum Gasteiger partial charge on any atom is 0.336 e. The summed E-state index contributed by atoms with van der Waals surface area (Å²) in [6.07, 6.45) is 0. The van der Waals surface area contributed by atoms with Gasteiger partial charge in [-0.1, -0.05) is 29.8 Å². The Morgan fingerprint density at radius 3 is 2.50 bits per heavy atom. The molecule has 0 unspecified atom stereocenters. The number of hydrogen-bond donors (Lipinski definition) is 2. The van der Waals surface area contributed by atoms with Gasteiger partial charge in [-0.25, -0.2) is 9.00 Å². The first-order valence-electron chi connectivity index (χ1n) is 5.68. The Labute approximate surface area is 123 Å². The van der Waals surface area contributed by atoms with Crippen molar-refractivity contribution in [3.05, 3.63) is 58.6 Å². The molecule has 0 aliphatic heterocycles. The Bertz CT molecular complexity index is 685. The van der Waals surface area contributed by atoms with Gasteiger partial charge in [0.2, 0.25) is 0 Å². The number of aromatic carboxylic acids is 1. The average Bonchev–Trinajstić information content (AvgIpc) is 2.46. The van der Waals surface area contributed by atoms with Crippen LogP contribution in [0.3, 0.4) is 0 Å². The van der Waals surface area contributed by atoms with Crippen LogP contribution >= 0.6 is 11.6 Å². The van der Waals surface area contributed by atoms with E-state index in [1.165, 1.54) is 18.2 Å². The largest absolute Gasteiger partial charge is 0.478 e. The van der Waals surface area contributed by atoms with Gasteiger partial charge in [-0.15, -0.1) is 0 Å². The molecule has 0 saturated heterocycles. The number of benzene rings is 2. The van der Waals surface area contributed by atoms with E-state index in [1.54, 1.807) is 24.3 Å². The second-order valence-electron chi connectivity index (χ2n) is 3.98. The van der Waals surface area contributed by atoms with Crippen molar-refractivity contribution in [1.82, 2.24) is 0 Å². The van der Waals surface area contributed by atoms with E-state index in [9.17, 15) is 14.1 Å². The molecule has 2 aromatic rings. The van der Waals surface area contributed by atoms with Crippen molar-refractivity contribution in [1.29, 1.82) is 0 Å². The van der Waals surface area contributed by atoms with E-state index in [0.717, 1.165) is 0 Å². The van der Waals surface area contributed by atoms with Gasteiger partial charge in [0.05, 0.1) is 27.9 Å². The minimum absolute atomic E-state index is 0.108. The number of aliphatic hydroxyl groups excluding tert-OH is 1. The number of halogens is 1. The molecule has 104 valence electrons. The van der Waals surface area contributed by atoms with Crippen LogP contribution in [0.2, 0.25) is 5.02 Å². The molecule has 0 aromatic heterocycles. The van der Waals surface area contributed by atoms with E-state index in [1.807, 2.05) is 0 Å². The van der Waals surface area contributed by atoms with Gasteiger partial charge in [-0.2, -0.15) is 0 Å². The molecule has 0 heterocycles. The zero-order valence-corrected chi connectivity index (χ0v) is 11.8. The fourth-order valence-electron chi connectivity index (χ4n) is 1.76. The van der Waals surface area contributed by atoms with Crippen LogP contribution in [0.4, 0.5) is 0 Å². The van der Waals surface area contributed by atoms with E-state index in [4.69, 9.17) is 16.7 Å². The van der Waals surface area contributed by atoms with Gasteiger partial charge in [-0.05, 0) is 29.8 Å². The van der Waals surface area contributed by atoms with Gasteiger partial charge >= 0.3 is 5.97 Å². The Morgan fingerprint density at radius 1 is 1.15 bits per heavy atom. The van der Waals surface area contributed by atoms with Crippen LogP contribution in [0.25, 0.3) is 0 Å². The van der Waals surface area contributed by atoms with Crippen molar-refractivity contribution < 1.29 is 19.2 Å². The molecule has 4 nitrogen and oxygen atoms in total. The predicted octanol–water partition coefficient (Wildman–Crippen LogP) is 2.70. The predicted molar refractivity (Wildman–Crippen MR) is 75.5 cm³/mol. The molecule has 2 aromatic carbocycles. The van der Waals surface area contributed by atoms with E-state index >= 15 is 0 Å². The van der Waals surface area contributed by atoms with Gasteiger partial charge in [0.1, 0.15) is 0 Å². The average molecular weight is 311 g/mol. The molecule has 0 spiro atoms. The number of aliphatic hydroxyl groups is 1. The van der Waals surface area contributed by atoms with Crippen LogP contribution in [-0.4, -0.2) is 20.4 Å². The zero-order chi connectivity index (χ0) is 14.7. The number of rotatable bonds is 4. The molecule has 0 amide bonds. The Morgan fingerprint density at radius 2 is 1.85 bits per heavy atom. The normalized spacial score (nSPS) is 12.1. The molecule has 0 bridgehead atoms. The summed E-state index contributed by atoms with van der Waals surface area (Å²) in [5.41, 5.74) is 0.390. The summed E-state index contributed by atoms with van der Waals surface area (Å²) in [5, 5.41) is 18.7. The maximum absolute atomic E-state index is 12.6. The highest BCUT2D eigenvalue weighted by Crippen LogP contribution is 2.25. The fourth-order valence-corrected chi connectivity index (χ4v) is 3.28. The fraction of sp³-hybridized carbons (Fsp3) is 0.0714. The zero-order valence-electron chi connectivity index (χ0n) is 10.2. The van der Waals surface area contributed by atoms with Crippen molar-refractivity contribution in [2.45, 2.75) is 16.4 Å². The topological polar surface area (TPSA) is 74.6 Å². The first-order chi connectivity index (χ1) is 9.54. The lowest BCUT2D eigenvalue weighted by atomic mass is 10.2. The number of carboxylic acid groups (broad SMARTS) is 1. The monoisotopic (exact) mass is 310 g/mol. The molecule has 20 heavy (non-hydrogen) atoms. The summed E-state index contributed by atoms with van der Waals surface area (Å²) < 4.78 is 12.6. The van der Waals surface area contributed by atoms with E-state index in [2.05, 4.69) is 0 Å². The van der Waals surface area contributed by atoms with Crippen LogP contribution in [0.1, 0.15) is 15.9 Å². The molecule has 0 fully saturated rings. The highest BCUT2D eigenvalue weighted by atomic mass is 35.5. The standard InChI is InChI=1S/C14H11ClO4S/c15-10-5-6-13(11(7-10)14(17)18)20(19)12-4-2-1-3-9(12)8-16/h1-7,16H,8H2,(H,17,18)/t20-/m1/s1. The van der Waals surface area contributed by atoms with Gasteiger partial charge in [0, 0.05) is 9.92 Å². The third-order valence-electron chi connectivity index (χ3n) is 2.71. The van der Waals surface area contributed by atoms with E-state index < -0.39 is 16.8 Å². The molecule has 6 heteroatoms. The smallest absolute Gasteiger partial charge is 0.336 e. The lowest BCUT2D eigenvalue weighted by Crippen LogP contribution is -2.06. The van der Waals surface area contributed by atoms with Crippen molar-refractivity contribution in [2.75, 3.05) is 0 Å². The van der Waals surface area contributed by atoms with Gasteiger partial charge in [-0.3, -0.25) is 0 Å². The van der Waals surface area contributed by atoms with Crippen molar-refractivity contribution in [2.24, 2.45) is 0 Å². The summed E-state index contributed by atoms with van der Waals surface area (Å²) in [4.78, 5) is 11.8. The molecule has 2 rings (SSSR count). The summed E-state index contributed by atoms with van der Waals surface area (Å²) in [6, 6.07) is 10.8. The van der Waals surface area contributed by atoms with E-state index in [-0.39, 0.29) is 22.1 Å². The molecule has 2 N–H and O–H groups in total. The summed E-state index contributed by atoms with van der Waals surface area (Å²) >= 11 is 5.77. The first-order valence-corrected chi connectivity index (χ1v) is 7.20. The quantitative estimate of drug-likeness (QED) is 0.910. The maximum atomic E-state index is 12.6. The SMILES string of the molecule is O=C(O)c1cc(Cl)ccc1[S@](=O)c1ccccc1CO. The van der Waals surface area contributed by atoms with Gasteiger partial charge in [0.15, 0.2) is 0 Å². The molecule has 0 saturated carbocycles. The van der Waals surface area contributed by atoms with Gasteiger partial charge in [0.25, 0.3) is 0 Å². The summed E-state index contributed by atoms with van der Waals surface area (Å²) in [5.74, 6) is -1.20. The van der Waals surface area contributed by atoms with Crippen LogP contribution in [-0.2, 0) is 17.4 Å². The van der Waals surface area contributed by atoms with Crippen LogP contribution in [0.15, 0.2) is 52.3 Å². The molecule has 0 aliphatic rings. The molecular formula is C14H11ClO4S. The van der Waals surface area contributed by atoms with Crippen molar-refractivity contribution in [3.8, 4) is 0 Å². The highest BCUT2D eigenvalue weighted by molar-refractivity contribution is 7.85. The summed E-state index contributed by atoms with van der Waals surface area (Å²) in [7, 11) is -1.70. The third kappa shape index (κ3) is 2.90. The second kappa shape index (κ2) is 6.17. The van der Waals surface area contributed by atoms with Crippen molar-refractivity contribution >= 4 is 28.4 Å². The molecule has 0 aliphatic carbocycles. The van der Waals surface area contributed by atoms with Crippen LogP contribution in [0, 0.1) is 0 Å². The number of carbonyl (C=O) groups is 1. The second-order valence-corrected chi connectivity index (χ2v) is 5.83. The Kier molecular flexibility index (Phi) is 4.54. The Hall–Kier alpha value is -1.69.